The molecule has 1 aromatic carbocycles. The van der Waals surface area contributed by atoms with Gasteiger partial charge in [0.15, 0.2) is 0 Å². The second-order valence-electron chi connectivity index (χ2n) is 3.11. The van der Waals surface area contributed by atoms with E-state index in [1.807, 2.05) is 0 Å². The molecule has 13 heavy (non-hydrogen) atoms. The highest BCUT2D eigenvalue weighted by atomic mass is 19.1. The van der Waals surface area contributed by atoms with Crippen LogP contribution in [-0.2, 0) is 0 Å². The minimum absolute atomic E-state index is 0.200. The van der Waals surface area contributed by atoms with E-state index in [2.05, 4.69) is 6.92 Å². The quantitative estimate of drug-likeness (QED) is 0.500. The molecule has 0 aliphatic heterocycles. The number of benzene rings is 1. The van der Waals surface area contributed by atoms with Crippen LogP contribution < -0.4 is 10.2 Å². The Morgan fingerprint density at radius 1 is 1.46 bits per heavy atom. The van der Waals surface area contributed by atoms with Crippen LogP contribution in [0.2, 0.25) is 0 Å². The van der Waals surface area contributed by atoms with E-state index in [4.69, 9.17) is 4.74 Å². The molecule has 0 N–H and O–H groups in total. The second kappa shape index (κ2) is 4.90. The minimum Gasteiger partial charge on any atom is -0.493 e. The lowest BCUT2D eigenvalue weighted by molar-refractivity contribution is 0.308. The zero-order valence-electron chi connectivity index (χ0n) is 8.14. The molecule has 0 radical (unpaired) electrons. The Morgan fingerprint density at radius 3 is 2.85 bits per heavy atom. The number of rotatable bonds is 4. The van der Waals surface area contributed by atoms with Crippen molar-refractivity contribution < 1.29 is 9.13 Å². The number of halogens is 1. The van der Waals surface area contributed by atoms with Crippen molar-refractivity contribution in [3.63, 3.8) is 0 Å². The molecule has 0 saturated heterocycles. The highest BCUT2D eigenvalue weighted by Gasteiger charge is 1.98. The molecule has 0 aliphatic carbocycles. The first-order valence-electron chi connectivity index (χ1n) is 4.63. The zero-order chi connectivity index (χ0) is 9.68. The van der Waals surface area contributed by atoms with Gasteiger partial charge in [-0.2, -0.15) is 0 Å². The second-order valence-corrected chi connectivity index (χ2v) is 3.11. The molecule has 70 valence electrons. The summed E-state index contributed by atoms with van der Waals surface area (Å²) in [5, 5.41) is 0. The van der Waals surface area contributed by atoms with Crippen LogP contribution in [0, 0.1) is 5.82 Å². The molecular formula is C10H14BFO. The molecule has 1 nitrogen and oxygen atoms in total. The molecule has 0 aromatic heterocycles. The van der Waals surface area contributed by atoms with Crippen molar-refractivity contribution in [3.05, 3.63) is 24.0 Å². The lowest BCUT2D eigenvalue weighted by Gasteiger charge is -2.05. The van der Waals surface area contributed by atoms with Gasteiger partial charge in [-0.05, 0) is 12.5 Å². The molecule has 0 heterocycles. The summed E-state index contributed by atoms with van der Waals surface area (Å²) in [7, 11) is 1.74. The fourth-order valence-corrected chi connectivity index (χ4v) is 0.998. The maximum Gasteiger partial charge on any atom is 0.143 e. The topological polar surface area (TPSA) is 9.23 Å². The van der Waals surface area contributed by atoms with Gasteiger partial charge in [-0.25, -0.2) is 4.39 Å². The van der Waals surface area contributed by atoms with Crippen LogP contribution in [0.25, 0.3) is 0 Å². The van der Waals surface area contributed by atoms with Crippen LogP contribution in [0.5, 0.6) is 5.75 Å². The van der Waals surface area contributed by atoms with Gasteiger partial charge in [0.05, 0.1) is 6.61 Å². The Morgan fingerprint density at radius 2 is 2.23 bits per heavy atom. The monoisotopic (exact) mass is 180 g/mol. The van der Waals surface area contributed by atoms with Gasteiger partial charge in [-0.15, -0.1) is 0 Å². The third-order valence-electron chi connectivity index (χ3n) is 1.91. The average Bonchev–Trinajstić information content (AvgIpc) is 2.12. The minimum atomic E-state index is -0.200. The summed E-state index contributed by atoms with van der Waals surface area (Å²) in [5.41, 5.74) is 0.655. The Labute approximate surface area is 79.3 Å². The number of ether oxygens (including phenoxy) is 1. The molecule has 0 unspecified atom stereocenters. The Kier molecular flexibility index (Phi) is 3.81. The van der Waals surface area contributed by atoms with Crippen LogP contribution in [0.4, 0.5) is 4.39 Å². The Hall–Kier alpha value is -0.985. The smallest absolute Gasteiger partial charge is 0.143 e. The van der Waals surface area contributed by atoms with E-state index >= 15 is 0 Å². The molecule has 0 amide bonds. The summed E-state index contributed by atoms with van der Waals surface area (Å²) in [6.07, 6.45) is 2.10. The summed E-state index contributed by atoms with van der Waals surface area (Å²) in [6.45, 7) is 2.76. The summed E-state index contributed by atoms with van der Waals surface area (Å²) in [6, 6.07) is 4.97. The van der Waals surface area contributed by atoms with Crippen molar-refractivity contribution in [2.45, 2.75) is 19.8 Å². The van der Waals surface area contributed by atoms with Crippen molar-refractivity contribution in [1.29, 1.82) is 0 Å². The Bertz CT molecular complexity index is 276. The molecule has 3 heteroatoms. The van der Waals surface area contributed by atoms with Gasteiger partial charge >= 0.3 is 0 Å². The summed E-state index contributed by atoms with van der Waals surface area (Å²) < 4.78 is 18.4. The maximum absolute atomic E-state index is 13.0. The predicted molar refractivity (Wildman–Crippen MR) is 55.0 cm³/mol. The fraction of sp³-hybridized carbons (Fsp3) is 0.400. The van der Waals surface area contributed by atoms with Gasteiger partial charge in [0.1, 0.15) is 19.4 Å². The maximum atomic E-state index is 13.0. The van der Waals surface area contributed by atoms with E-state index in [0.29, 0.717) is 17.8 Å². The first kappa shape index (κ1) is 10.1. The van der Waals surface area contributed by atoms with Crippen molar-refractivity contribution in [3.8, 4) is 5.75 Å². The molecule has 0 atom stereocenters. The average molecular weight is 180 g/mol. The summed E-state index contributed by atoms with van der Waals surface area (Å²) >= 11 is 0. The van der Waals surface area contributed by atoms with Crippen molar-refractivity contribution in [2.75, 3.05) is 6.61 Å². The van der Waals surface area contributed by atoms with Crippen LogP contribution in [0.3, 0.4) is 0 Å². The van der Waals surface area contributed by atoms with E-state index in [1.54, 1.807) is 20.0 Å². The molecule has 0 fully saturated rings. The predicted octanol–water partition coefficient (Wildman–Crippen LogP) is 1.26. The van der Waals surface area contributed by atoms with Crippen molar-refractivity contribution in [2.24, 2.45) is 0 Å². The van der Waals surface area contributed by atoms with Crippen LogP contribution in [-0.4, -0.2) is 14.5 Å². The van der Waals surface area contributed by atoms with Crippen LogP contribution in [0.1, 0.15) is 19.8 Å². The molecule has 0 aliphatic rings. The highest BCUT2D eigenvalue weighted by Crippen LogP contribution is 2.10. The molecule has 0 bridgehead atoms. The van der Waals surface area contributed by atoms with E-state index in [-0.39, 0.29) is 5.82 Å². The highest BCUT2D eigenvalue weighted by molar-refractivity contribution is 6.32. The molecular weight excluding hydrogens is 166 g/mol. The van der Waals surface area contributed by atoms with E-state index in [1.165, 1.54) is 6.07 Å². The SMILES string of the molecule is Bc1ccc(OCCCC)cc1F. The molecule has 0 saturated carbocycles. The normalized spacial score (nSPS) is 10.0. The van der Waals surface area contributed by atoms with E-state index < -0.39 is 0 Å². The lowest BCUT2D eigenvalue weighted by atomic mass is 9.96. The van der Waals surface area contributed by atoms with Crippen LogP contribution >= 0.6 is 0 Å². The number of hydrogen-bond acceptors (Lipinski definition) is 1. The third kappa shape index (κ3) is 3.09. The van der Waals surface area contributed by atoms with E-state index in [0.717, 1.165) is 12.8 Å². The van der Waals surface area contributed by atoms with Gasteiger partial charge in [0.2, 0.25) is 0 Å². The zero-order valence-corrected chi connectivity index (χ0v) is 8.14. The summed E-state index contributed by atoms with van der Waals surface area (Å²) in [4.78, 5) is 0. The van der Waals surface area contributed by atoms with Gasteiger partial charge < -0.3 is 4.74 Å². The number of unbranched alkanes of at least 4 members (excludes halogenated alkanes) is 1. The van der Waals surface area contributed by atoms with E-state index in [9.17, 15) is 4.39 Å². The molecule has 1 rings (SSSR count). The summed E-state index contributed by atoms with van der Waals surface area (Å²) in [5.74, 6) is 0.422. The van der Waals surface area contributed by atoms with Gasteiger partial charge in [0.25, 0.3) is 0 Å². The van der Waals surface area contributed by atoms with Crippen LogP contribution in [0.15, 0.2) is 18.2 Å². The van der Waals surface area contributed by atoms with Gasteiger partial charge in [-0.1, -0.05) is 24.9 Å². The van der Waals surface area contributed by atoms with Crippen molar-refractivity contribution >= 4 is 13.3 Å². The standard InChI is InChI=1S/C10H14BFO/c1-2-3-6-13-8-4-5-9(11)10(12)7-8/h4-5,7H,2-3,6,11H2,1H3. The van der Waals surface area contributed by atoms with Gasteiger partial charge in [-0.3, -0.25) is 0 Å². The largest absolute Gasteiger partial charge is 0.493 e. The number of hydrogen-bond donors (Lipinski definition) is 0. The van der Waals surface area contributed by atoms with Crippen molar-refractivity contribution in [1.82, 2.24) is 0 Å². The Balaban J connectivity index is 2.53. The first-order valence-corrected chi connectivity index (χ1v) is 4.63. The molecule has 1 aromatic rings. The third-order valence-corrected chi connectivity index (χ3v) is 1.91. The fourth-order valence-electron chi connectivity index (χ4n) is 0.998. The molecule has 0 spiro atoms. The lowest BCUT2D eigenvalue weighted by Crippen LogP contribution is -2.08. The van der Waals surface area contributed by atoms with Gasteiger partial charge in [0, 0.05) is 6.07 Å². The first-order chi connectivity index (χ1) is 6.24.